The summed E-state index contributed by atoms with van der Waals surface area (Å²) in [4.78, 5) is 13.5. The summed E-state index contributed by atoms with van der Waals surface area (Å²) >= 11 is 0. The maximum Gasteiger partial charge on any atom is 0.240 e. The molecule has 0 bridgehead atoms. The highest BCUT2D eigenvalue weighted by Crippen LogP contribution is 2.18. The molecule has 0 unspecified atom stereocenters. The molecule has 1 rings (SSSR count). The summed E-state index contributed by atoms with van der Waals surface area (Å²) in [6.45, 7) is 3.87. The van der Waals surface area contributed by atoms with Crippen LogP contribution in [0.2, 0.25) is 0 Å². The van der Waals surface area contributed by atoms with Crippen molar-refractivity contribution in [3.8, 4) is 0 Å². The third-order valence-electron chi connectivity index (χ3n) is 1.53. The van der Waals surface area contributed by atoms with E-state index in [1.807, 2.05) is 32.0 Å². The summed E-state index contributed by atoms with van der Waals surface area (Å²) in [5.74, 6) is 0. The molecule has 0 atom stereocenters. The molecular formula is C9H9NO. The van der Waals surface area contributed by atoms with Crippen LogP contribution < -0.4 is 0 Å². The SMILES string of the molecule is Cc1ccc(C)c(N=C=O)c1. The number of aryl methyl sites for hydroxylation is 2. The highest BCUT2D eigenvalue weighted by molar-refractivity contribution is 5.54. The Bertz CT molecular complexity index is 311. The van der Waals surface area contributed by atoms with E-state index >= 15 is 0 Å². The second kappa shape index (κ2) is 3.13. The molecule has 0 aliphatic carbocycles. The first kappa shape index (κ1) is 7.70. The van der Waals surface area contributed by atoms with Crippen molar-refractivity contribution in [1.82, 2.24) is 0 Å². The summed E-state index contributed by atoms with van der Waals surface area (Å²) < 4.78 is 0. The molecular weight excluding hydrogens is 138 g/mol. The lowest BCUT2D eigenvalue weighted by Crippen LogP contribution is -1.75. The minimum atomic E-state index is 0.708. The molecule has 0 saturated carbocycles. The van der Waals surface area contributed by atoms with E-state index < -0.39 is 0 Å². The monoisotopic (exact) mass is 147 g/mol. The quantitative estimate of drug-likeness (QED) is 0.442. The molecule has 1 aromatic rings. The Morgan fingerprint density at radius 3 is 2.73 bits per heavy atom. The zero-order chi connectivity index (χ0) is 8.27. The van der Waals surface area contributed by atoms with Gasteiger partial charge in [0.05, 0.1) is 5.69 Å². The molecule has 1 aromatic carbocycles. The van der Waals surface area contributed by atoms with Crippen LogP contribution >= 0.6 is 0 Å². The Balaban J connectivity index is 3.22. The normalized spacial score (nSPS) is 8.91. The van der Waals surface area contributed by atoms with Gasteiger partial charge in [0.2, 0.25) is 6.08 Å². The van der Waals surface area contributed by atoms with Crippen molar-refractivity contribution in [2.24, 2.45) is 4.99 Å². The van der Waals surface area contributed by atoms with Crippen LogP contribution in [0.1, 0.15) is 11.1 Å². The molecule has 0 spiro atoms. The Hall–Kier alpha value is -1.40. The van der Waals surface area contributed by atoms with Crippen molar-refractivity contribution in [2.45, 2.75) is 13.8 Å². The lowest BCUT2D eigenvalue weighted by Gasteiger charge is -1.97. The molecule has 0 radical (unpaired) electrons. The Morgan fingerprint density at radius 2 is 2.09 bits per heavy atom. The van der Waals surface area contributed by atoms with Gasteiger partial charge in [-0.05, 0) is 31.0 Å². The van der Waals surface area contributed by atoms with Crippen molar-refractivity contribution in [1.29, 1.82) is 0 Å². The molecule has 0 aliphatic rings. The maximum atomic E-state index is 9.95. The molecule has 11 heavy (non-hydrogen) atoms. The summed E-state index contributed by atoms with van der Waals surface area (Å²) in [7, 11) is 0. The first-order valence-corrected chi connectivity index (χ1v) is 3.39. The maximum absolute atomic E-state index is 9.95. The van der Waals surface area contributed by atoms with Crippen molar-refractivity contribution >= 4 is 11.8 Å². The summed E-state index contributed by atoms with van der Waals surface area (Å²) in [5, 5.41) is 0. The number of carbonyl (C=O) groups excluding carboxylic acids is 1. The average Bonchev–Trinajstić information content (AvgIpc) is 1.98. The van der Waals surface area contributed by atoms with Gasteiger partial charge in [-0.1, -0.05) is 12.1 Å². The van der Waals surface area contributed by atoms with Gasteiger partial charge in [-0.15, -0.1) is 0 Å². The van der Waals surface area contributed by atoms with Gasteiger partial charge in [0.1, 0.15) is 0 Å². The molecule has 0 N–H and O–H groups in total. The van der Waals surface area contributed by atoms with Crippen molar-refractivity contribution in [3.63, 3.8) is 0 Å². The van der Waals surface area contributed by atoms with Crippen molar-refractivity contribution < 1.29 is 4.79 Å². The van der Waals surface area contributed by atoms with E-state index in [-0.39, 0.29) is 0 Å². The lowest BCUT2D eigenvalue weighted by atomic mass is 10.1. The Kier molecular flexibility index (Phi) is 2.19. The largest absolute Gasteiger partial charge is 0.240 e. The number of nitrogens with zero attached hydrogens (tertiary/aromatic N) is 1. The first-order valence-electron chi connectivity index (χ1n) is 3.39. The predicted molar refractivity (Wildman–Crippen MR) is 43.7 cm³/mol. The van der Waals surface area contributed by atoms with E-state index in [1.165, 1.54) is 6.08 Å². The van der Waals surface area contributed by atoms with Gasteiger partial charge in [0, 0.05) is 0 Å². The number of hydrogen-bond donors (Lipinski definition) is 0. The second-order valence-corrected chi connectivity index (χ2v) is 2.49. The fourth-order valence-electron chi connectivity index (χ4n) is 0.889. The average molecular weight is 147 g/mol. The molecule has 2 heteroatoms. The summed E-state index contributed by atoms with van der Waals surface area (Å²) in [5.41, 5.74) is 2.81. The lowest BCUT2D eigenvalue weighted by molar-refractivity contribution is 0.565. The van der Waals surface area contributed by atoms with Crippen molar-refractivity contribution in [3.05, 3.63) is 29.3 Å². The fraction of sp³-hybridized carbons (Fsp3) is 0.222. The van der Waals surface area contributed by atoms with E-state index in [9.17, 15) is 4.79 Å². The van der Waals surface area contributed by atoms with E-state index in [4.69, 9.17) is 0 Å². The number of benzene rings is 1. The fourth-order valence-corrected chi connectivity index (χ4v) is 0.889. The molecule has 0 heterocycles. The Labute approximate surface area is 65.6 Å². The third-order valence-corrected chi connectivity index (χ3v) is 1.53. The Morgan fingerprint density at radius 1 is 1.36 bits per heavy atom. The topological polar surface area (TPSA) is 29.4 Å². The summed E-state index contributed by atoms with van der Waals surface area (Å²) in [6.07, 6.45) is 1.53. The van der Waals surface area contributed by atoms with Gasteiger partial charge < -0.3 is 0 Å². The third kappa shape index (κ3) is 1.76. The highest BCUT2D eigenvalue weighted by atomic mass is 16.1. The molecule has 0 fully saturated rings. The highest BCUT2D eigenvalue weighted by Gasteiger charge is 1.94. The summed E-state index contributed by atoms with van der Waals surface area (Å²) in [6, 6.07) is 5.78. The van der Waals surface area contributed by atoms with Crippen molar-refractivity contribution in [2.75, 3.05) is 0 Å². The van der Waals surface area contributed by atoms with Crippen LogP contribution in [0.4, 0.5) is 5.69 Å². The number of rotatable bonds is 1. The van der Waals surface area contributed by atoms with E-state index in [2.05, 4.69) is 4.99 Å². The molecule has 0 saturated heterocycles. The number of hydrogen-bond acceptors (Lipinski definition) is 2. The second-order valence-electron chi connectivity index (χ2n) is 2.49. The zero-order valence-corrected chi connectivity index (χ0v) is 6.59. The van der Waals surface area contributed by atoms with Gasteiger partial charge in [-0.3, -0.25) is 0 Å². The van der Waals surface area contributed by atoms with Gasteiger partial charge in [0.15, 0.2) is 0 Å². The molecule has 0 amide bonds. The molecule has 2 nitrogen and oxygen atoms in total. The van der Waals surface area contributed by atoms with Crippen LogP contribution in [-0.4, -0.2) is 6.08 Å². The van der Waals surface area contributed by atoms with Crippen LogP contribution in [0.5, 0.6) is 0 Å². The van der Waals surface area contributed by atoms with Crippen LogP contribution in [0, 0.1) is 13.8 Å². The van der Waals surface area contributed by atoms with Crippen LogP contribution in [0.25, 0.3) is 0 Å². The van der Waals surface area contributed by atoms with Crippen LogP contribution in [-0.2, 0) is 4.79 Å². The number of aliphatic imine (C=N–C) groups is 1. The van der Waals surface area contributed by atoms with Crippen LogP contribution in [0.15, 0.2) is 23.2 Å². The van der Waals surface area contributed by atoms with Gasteiger partial charge in [-0.2, -0.15) is 4.99 Å². The van der Waals surface area contributed by atoms with Crippen LogP contribution in [0.3, 0.4) is 0 Å². The molecule has 0 aromatic heterocycles. The smallest absolute Gasteiger partial charge is 0.211 e. The van der Waals surface area contributed by atoms with E-state index in [0.717, 1.165) is 11.1 Å². The standard InChI is InChI=1S/C9H9NO/c1-7-3-4-8(2)9(5-7)10-6-11/h3-5H,1-2H3. The predicted octanol–water partition coefficient (Wildman–Crippen LogP) is 2.27. The minimum absolute atomic E-state index is 0.708. The van der Waals surface area contributed by atoms with E-state index in [0.29, 0.717) is 5.69 Å². The van der Waals surface area contributed by atoms with Gasteiger partial charge in [0.25, 0.3) is 0 Å². The zero-order valence-electron chi connectivity index (χ0n) is 6.59. The van der Waals surface area contributed by atoms with E-state index in [1.54, 1.807) is 0 Å². The first-order chi connectivity index (χ1) is 5.24. The minimum Gasteiger partial charge on any atom is -0.211 e. The van der Waals surface area contributed by atoms with Gasteiger partial charge >= 0.3 is 0 Å². The molecule has 56 valence electrons. The number of isocyanates is 1. The van der Waals surface area contributed by atoms with Gasteiger partial charge in [-0.25, -0.2) is 4.79 Å². The molecule has 0 aliphatic heterocycles.